The molecule has 2 N–H and O–H groups in total. The lowest BCUT2D eigenvalue weighted by atomic mass is 9.97. The van der Waals surface area contributed by atoms with Gasteiger partial charge in [0.2, 0.25) is 0 Å². The summed E-state index contributed by atoms with van der Waals surface area (Å²) in [4.78, 5) is 10.4. The van der Waals surface area contributed by atoms with E-state index in [0.717, 1.165) is 25.3 Å². The quantitative estimate of drug-likeness (QED) is 0.814. The molecule has 0 aliphatic carbocycles. The van der Waals surface area contributed by atoms with Gasteiger partial charge in [0.15, 0.2) is 0 Å². The number of hydrogen-bond acceptors (Lipinski definition) is 3. The number of rotatable bonds is 5. The van der Waals surface area contributed by atoms with E-state index < -0.39 is 5.97 Å². The molecule has 0 saturated carbocycles. The Morgan fingerprint density at radius 2 is 2.29 bits per heavy atom. The van der Waals surface area contributed by atoms with Crippen molar-refractivity contribution in [3.63, 3.8) is 0 Å². The van der Waals surface area contributed by atoms with Crippen LogP contribution in [0.2, 0.25) is 0 Å². The lowest BCUT2D eigenvalue weighted by Crippen LogP contribution is -2.10. The van der Waals surface area contributed by atoms with Crippen LogP contribution in [0.3, 0.4) is 0 Å². The molecule has 4 heteroatoms. The number of carbonyl (C=O) groups is 1. The second kappa shape index (κ2) is 5.68. The Balaban J connectivity index is 2.02. The van der Waals surface area contributed by atoms with E-state index in [4.69, 9.17) is 9.84 Å². The molecule has 17 heavy (non-hydrogen) atoms. The fraction of sp³-hybridized carbons (Fsp3) is 0.462. The van der Waals surface area contributed by atoms with Crippen LogP contribution in [0, 0.1) is 0 Å². The van der Waals surface area contributed by atoms with Crippen molar-refractivity contribution in [3.05, 3.63) is 29.8 Å². The number of para-hydroxylation sites is 1. The molecule has 1 fully saturated rings. The Morgan fingerprint density at radius 3 is 3.00 bits per heavy atom. The molecule has 4 nitrogen and oxygen atoms in total. The minimum absolute atomic E-state index is 0.0389. The van der Waals surface area contributed by atoms with Crippen molar-refractivity contribution in [2.45, 2.75) is 18.8 Å². The normalized spacial score (nSPS) is 19.2. The third kappa shape index (κ3) is 3.20. The van der Waals surface area contributed by atoms with Gasteiger partial charge in [-0.2, -0.15) is 0 Å². The molecule has 0 radical (unpaired) electrons. The van der Waals surface area contributed by atoms with E-state index >= 15 is 0 Å². The second-order valence-electron chi connectivity index (χ2n) is 4.22. The summed E-state index contributed by atoms with van der Waals surface area (Å²) in [6, 6.07) is 7.89. The zero-order valence-electron chi connectivity index (χ0n) is 9.69. The first-order valence-corrected chi connectivity index (χ1v) is 5.91. The number of ether oxygens (including phenoxy) is 1. The van der Waals surface area contributed by atoms with Crippen molar-refractivity contribution in [2.24, 2.45) is 0 Å². The van der Waals surface area contributed by atoms with E-state index in [-0.39, 0.29) is 13.0 Å². The van der Waals surface area contributed by atoms with Crippen LogP contribution in [0.15, 0.2) is 24.3 Å². The van der Waals surface area contributed by atoms with Crippen LogP contribution in [0.1, 0.15) is 24.3 Å². The second-order valence-corrected chi connectivity index (χ2v) is 4.22. The fourth-order valence-electron chi connectivity index (χ4n) is 2.12. The van der Waals surface area contributed by atoms with E-state index in [0.29, 0.717) is 5.92 Å². The number of hydrogen-bond donors (Lipinski definition) is 2. The first-order valence-electron chi connectivity index (χ1n) is 5.91. The van der Waals surface area contributed by atoms with Gasteiger partial charge in [-0.05, 0) is 24.6 Å². The monoisotopic (exact) mass is 235 g/mol. The first-order chi connectivity index (χ1) is 8.27. The molecule has 0 bridgehead atoms. The van der Waals surface area contributed by atoms with Crippen LogP contribution in [0.25, 0.3) is 0 Å². The summed E-state index contributed by atoms with van der Waals surface area (Å²) < 4.78 is 5.55. The van der Waals surface area contributed by atoms with Gasteiger partial charge in [0.25, 0.3) is 0 Å². The minimum Gasteiger partial charge on any atom is -0.493 e. The number of carboxylic acid groups (broad SMARTS) is 1. The molecule has 1 aliphatic rings. The molecule has 2 rings (SSSR count). The lowest BCUT2D eigenvalue weighted by molar-refractivity contribution is -0.137. The van der Waals surface area contributed by atoms with Crippen LogP contribution in [0.4, 0.5) is 0 Å². The topological polar surface area (TPSA) is 58.6 Å². The number of carboxylic acids is 1. The molecular weight excluding hydrogens is 218 g/mol. The van der Waals surface area contributed by atoms with Crippen molar-refractivity contribution < 1.29 is 14.6 Å². The predicted molar refractivity (Wildman–Crippen MR) is 64.4 cm³/mol. The van der Waals surface area contributed by atoms with Gasteiger partial charge in [0.05, 0.1) is 13.0 Å². The Bertz CT molecular complexity index is 386. The van der Waals surface area contributed by atoms with Gasteiger partial charge in [-0.15, -0.1) is 0 Å². The molecule has 1 unspecified atom stereocenters. The zero-order valence-corrected chi connectivity index (χ0v) is 9.69. The first kappa shape index (κ1) is 11.9. The molecule has 1 heterocycles. The van der Waals surface area contributed by atoms with Gasteiger partial charge in [0, 0.05) is 12.5 Å². The highest BCUT2D eigenvalue weighted by molar-refractivity contribution is 5.66. The Hall–Kier alpha value is -1.55. The van der Waals surface area contributed by atoms with E-state index in [9.17, 15) is 4.79 Å². The van der Waals surface area contributed by atoms with Crippen LogP contribution < -0.4 is 10.1 Å². The molecule has 0 amide bonds. The van der Waals surface area contributed by atoms with Crippen molar-refractivity contribution in [2.75, 3.05) is 19.7 Å². The summed E-state index contributed by atoms with van der Waals surface area (Å²) in [6.07, 6.45) is 1.15. The van der Waals surface area contributed by atoms with Crippen molar-refractivity contribution in [1.82, 2.24) is 5.32 Å². The largest absolute Gasteiger partial charge is 0.493 e. The average molecular weight is 235 g/mol. The molecule has 1 aromatic rings. The zero-order chi connectivity index (χ0) is 12.1. The summed E-state index contributed by atoms with van der Waals surface area (Å²) in [6.45, 7) is 2.24. The van der Waals surface area contributed by atoms with Crippen molar-refractivity contribution >= 4 is 5.97 Å². The molecule has 1 atom stereocenters. The Morgan fingerprint density at radius 1 is 1.47 bits per heavy atom. The Kier molecular flexibility index (Phi) is 3.98. The summed E-state index contributed by atoms with van der Waals surface area (Å²) >= 11 is 0. The number of benzene rings is 1. The highest BCUT2D eigenvalue weighted by Crippen LogP contribution is 2.30. The standard InChI is InChI=1S/C13H17NO3/c15-13(16)6-8-17-12-4-2-1-3-11(12)10-5-7-14-9-10/h1-4,10,14H,5-9H2,(H,15,16). The maximum Gasteiger partial charge on any atom is 0.306 e. The van der Waals surface area contributed by atoms with Gasteiger partial charge in [0.1, 0.15) is 5.75 Å². The smallest absolute Gasteiger partial charge is 0.306 e. The fourth-order valence-corrected chi connectivity index (χ4v) is 2.12. The molecule has 92 valence electrons. The number of nitrogens with one attached hydrogen (secondary N) is 1. The lowest BCUT2D eigenvalue weighted by Gasteiger charge is -2.15. The third-order valence-corrected chi connectivity index (χ3v) is 2.99. The highest BCUT2D eigenvalue weighted by atomic mass is 16.5. The van der Waals surface area contributed by atoms with Crippen LogP contribution in [-0.2, 0) is 4.79 Å². The van der Waals surface area contributed by atoms with E-state index in [1.165, 1.54) is 5.56 Å². The van der Waals surface area contributed by atoms with Crippen molar-refractivity contribution in [1.29, 1.82) is 0 Å². The van der Waals surface area contributed by atoms with Gasteiger partial charge in [-0.1, -0.05) is 18.2 Å². The maximum absolute atomic E-state index is 10.4. The maximum atomic E-state index is 10.4. The molecule has 1 aromatic carbocycles. The van der Waals surface area contributed by atoms with Gasteiger partial charge in [-0.3, -0.25) is 4.79 Å². The van der Waals surface area contributed by atoms with E-state index in [1.54, 1.807) is 0 Å². The summed E-state index contributed by atoms with van der Waals surface area (Å²) in [7, 11) is 0. The highest BCUT2D eigenvalue weighted by Gasteiger charge is 2.19. The minimum atomic E-state index is -0.829. The predicted octanol–water partition coefficient (Wildman–Crippen LogP) is 1.62. The Labute approximate surface area is 101 Å². The van der Waals surface area contributed by atoms with Gasteiger partial charge in [-0.25, -0.2) is 0 Å². The van der Waals surface area contributed by atoms with Crippen LogP contribution in [0.5, 0.6) is 5.75 Å². The van der Waals surface area contributed by atoms with Crippen LogP contribution >= 0.6 is 0 Å². The summed E-state index contributed by atoms with van der Waals surface area (Å²) in [5.41, 5.74) is 1.18. The third-order valence-electron chi connectivity index (χ3n) is 2.99. The molecule has 1 aliphatic heterocycles. The van der Waals surface area contributed by atoms with Crippen molar-refractivity contribution in [3.8, 4) is 5.75 Å². The summed E-state index contributed by atoms with van der Waals surface area (Å²) in [5.74, 6) is 0.475. The molecule has 0 aromatic heterocycles. The van der Waals surface area contributed by atoms with E-state index in [1.807, 2.05) is 18.2 Å². The van der Waals surface area contributed by atoms with Crippen LogP contribution in [-0.4, -0.2) is 30.8 Å². The summed E-state index contributed by atoms with van der Waals surface area (Å²) in [5, 5.41) is 11.9. The van der Waals surface area contributed by atoms with Gasteiger partial charge < -0.3 is 15.2 Å². The SMILES string of the molecule is O=C(O)CCOc1ccccc1C1CCNC1. The molecule has 0 spiro atoms. The van der Waals surface area contributed by atoms with E-state index in [2.05, 4.69) is 11.4 Å². The molecule has 1 saturated heterocycles. The average Bonchev–Trinajstić information content (AvgIpc) is 2.82. The van der Waals surface area contributed by atoms with Gasteiger partial charge >= 0.3 is 5.97 Å². The number of aliphatic carboxylic acids is 1. The molecular formula is C13H17NO3.